The Hall–Kier alpha value is -1.77. The fourth-order valence-electron chi connectivity index (χ4n) is 0.933. The van der Waals surface area contributed by atoms with Crippen molar-refractivity contribution in [3.63, 3.8) is 0 Å². The van der Waals surface area contributed by atoms with E-state index in [-0.39, 0.29) is 4.47 Å². The second kappa shape index (κ2) is 3.77. The molecule has 0 unspecified atom stereocenters. The van der Waals surface area contributed by atoms with E-state index < -0.39 is 32.8 Å². The molecule has 0 radical (unpaired) electrons. The summed E-state index contributed by atoms with van der Waals surface area (Å²) < 4.78 is 12.7. The summed E-state index contributed by atoms with van der Waals surface area (Å²) in [5.41, 5.74) is -2.63. The van der Waals surface area contributed by atoms with Crippen molar-refractivity contribution in [1.82, 2.24) is 0 Å². The van der Waals surface area contributed by atoms with Gasteiger partial charge in [0.05, 0.1) is 14.3 Å². The molecule has 0 aromatic heterocycles. The number of nitro benzene ring substituents is 2. The minimum Gasteiger partial charge on any atom is -0.501 e. The number of aromatic hydroxyl groups is 1. The molecule has 0 aliphatic rings. The van der Waals surface area contributed by atoms with Crippen molar-refractivity contribution in [3.8, 4) is 5.75 Å². The van der Waals surface area contributed by atoms with Gasteiger partial charge in [-0.15, -0.1) is 0 Å². The Morgan fingerprint density at radius 3 is 2.13 bits per heavy atom. The van der Waals surface area contributed by atoms with Crippen LogP contribution in [-0.2, 0) is 0 Å². The van der Waals surface area contributed by atoms with Gasteiger partial charge in [0.2, 0.25) is 11.6 Å². The Morgan fingerprint density at radius 2 is 1.73 bits per heavy atom. The highest BCUT2D eigenvalue weighted by atomic mass is 79.9. The lowest BCUT2D eigenvalue weighted by Gasteiger charge is -2.00. The molecule has 9 heteroatoms. The summed E-state index contributed by atoms with van der Waals surface area (Å²) in [5, 5.41) is 29.9. The molecule has 0 heterocycles. The van der Waals surface area contributed by atoms with Crippen LogP contribution in [0.3, 0.4) is 0 Å². The first kappa shape index (κ1) is 11.3. The highest BCUT2D eigenvalue weighted by molar-refractivity contribution is 9.10. The number of benzene rings is 1. The van der Waals surface area contributed by atoms with Crippen molar-refractivity contribution in [2.75, 3.05) is 0 Å². The van der Waals surface area contributed by atoms with Crippen molar-refractivity contribution in [3.05, 3.63) is 36.6 Å². The standard InChI is InChI=1S/C6H2BrFN2O5/c7-2-1-3(8)4(9(12)13)5(6(2)11)10(14)15/h1,11H. The molecular weight excluding hydrogens is 279 g/mol. The molecule has 7 nitrogen and oxygen atoms in total. The van der Waals surface area contributed by atoms with E-state index in [9.17, 15) is 24.6 Å². The zero-order valence-electron chi connectivity index (χ0n) is 6.81. The minimum atomic E-state index is -1.39. The minimum absolute atomic E-state index is 0.322. The monoisotopic (exact) mass is 280 g/mol. The van der Waals surface area contributed by atoms with Gasteiger partial charge in [0.25, 0.3) is 0 Å². The van der Waals surface area contributed by atoms with Gasteiger partial charge in [-0.1, -0.05) is 0 Å². The van der Waals surface area contributed by atoms with Crippen molar-refractivity contribution in [2.45, 2.75) is 0 Å². The fourth-order valence-corrected chi connectivity index (χ4v) is 1.32. The summed E-state index contributed by atoms with van der Waals surface area (Å²) in [6, 6.07) is 0.584. The lowest BCUT2D eigenvalue weighted by molar-refractivity contribution is -0.424. The predicted octanol–water partition coefficient (Wildman–Crippen LogP) is 2.11. The third-order valence-corrected chi connectivity index (χ3v) is 2.12. The molecule has 0 atom stereocenters. The molecule has 1 N–H and O–H groups in total. The lowest BCUT2D eigenvalue weighted by Crippen LogP contribution is -2.00. The van der Waals surface area contributed by atoms with Crippen LogP contribution in [0.1, 0.15) is 0 Å². The number of phenols is 1. The number of rotatable bonds is 2. The highest BCUT2D eigenvalue weighted by Gasteiger charge is 2.35. The Labute approximate surface area is 89.6 Å². The normalized spacial score (nSPS) is 10.0. The van der Waals surface area contributed by atoms with Crippen molar-refractivity contribution in [1.29, 1.82) is 0 Å². The van der Waals surface area contributed by atoms with Crippen LogP contribution >= 0.6 is 15.9 Å². The zero-order chi connectivity index (χ0) is 11.7. The third kappa shape index (κ3) is 1.86. The van der Waals surface area contributed by atoms with Crippen LogP contribution in [-0.4, -0.2) is 15.0 Å². The van der Waals surface area contributed by atoms with Gasteiger partial charge in [-0.2, -0.15) is 4.39 Å². The van der Waals surface area contributed by atoms with Crippen LogP contribution in [0.15, 0.2) is 10.5 Å². The van der Waals surface area contributed by atoms with Gasteiger partial charge < -0.3 is 5.11 Å². The summed E-state index contributed by atoms with van der Waals surface area (Å²) in [4.78, 5) is 18.3. The van der Waals surface area contributed by atoms with Gasteiger partial charge in [0, 0.05) is 0 Å². The van der Waals surface area contributed by atoms with Crippen molar-refractivity contribution >= 4 is 27.3 Å². The average Bonchev–Trinajstić information content (AvgIpc) is 2.09. The summed E-state index contributed by atoms with van der Waals surface area (Å²) in [6.07, 6.45) is 0. The van der Waals surface area contributed by atoms with E-state index in [2.05, 4.69) is 15.9 Å². The average molecular weight is 281 g/mol. The number of phenolic OH excluding ortho intramolecular Hbond substituents is 1. The molecule has 0 spiro atoms. The van der Waals surface area contributed by atoms with Gasteiger partial charge in [-0.05, 0) is 22.0 Å². The second-order valence-corrected chi connectivity index (χ2v) is 3.25. The Bertz CT molecular complexity index is 463. The number of halogens is 2. The van der Waals surface area contributed by atoms with E-state index in [1.807, 2.05) is 0 Å². The van der Waals surface area contributed by atoms with Gasteiger partial charge in [-0.25, -0.2) is 0 Å². The first-order valence-electron chi connectivity index (χ1n) is 3.36. The topological polar surface area (TPSA) is 107 Å². The molecule has 1 rings (SSSR count). The van der Waals surface area contributed by atoms with Gasteiger partial charge in [0.1, 0.15) is 0 Å². The van der Waals surface area contributed by atoms with Gasteiger partial charge >= 0.3 is 11.4 Å². The largest absolute Gasteiger partial charge is 0.501 e. The van der Waals surface area contributed by atoms with Crippen LogP contribution in [0.4, 0.5) is 15.8 Å². The fraction of sp³-hybridized carbons (Fsp3) is 0. The number of nitrogens with zero attached hydrogens (tertiary/aromatic N) is 2. The summed E-state index contributed by atoms with van der Waals surface area (Å²) in [5.74, 6) is -2.37. The van der Waals surface area contributed by atoms with Crippen LogP contribution in [0, 0.1) is 26.0 Å². The molecule has 0 saturated carbocycles. The summed E-state index contributed by atoms with van der Waals surface area (Å²) in [7, 11) is 0. The molecule has 1 aromatic rings. The quantitative estimate of drug-likeness (QED) is 0.659. The molecular formula is C6H2BrFN2O5. The molecule has 80 valence electrons. The third-order valence-electron chi connectivity index (χ3n) is 1.52. The second-order valence-electron chi connectivity index (χ2n) is 2.40. The van der Waals surface area contributed by atoms with E-state index >= 15 is 0 Å². The van der Waals surface area contributed by atoms with E-state index in [0.717, 1.165) is 0 Å². The molecule has 0 bridgehead atoms. The Balaban J connectivity index is 3.69. The van der Waals surface area contributed by atoms with E-state index in [1.165, 1.54) is 0 Å². The summed E-state index contributed by atoms with van der Waals surface area (Å²) in [6.45, 7) is 0. The van der Waals surface area contributed by atoms with E-state index in [1.54, 1.807) is 0 Å². The molecule has 15 heavy (non-hydrogen) atoms. The highest BCUT2D eigenvalue weighted by Crippen LogP contribution is 2.42. The van der Waals surface area contributed by atoms with Crippen molar-refractivity contribution in [2.24, 2.45) is 0 Å². The molecule has 0 saturated heterocycles. The first-order valence-corrected chi connectivity index (χ1v) is 4.15. The van der Waals surface area contributed by atoms with Gasteiger partial charge in [0.15, 0.2) is 0 Å². The molecule has 0 amide bonds. The SMILES string of the molecule is O=[N+]([O-])c1c(F)cc(Br)c(O)c1[N+](=O)[O-]. The van der Waals surface area contributed by atoms with Gasteiger partial charge in [-0.3, -0.25) is 20.2 Å². The smallest absolute Gasteiger partial charge is 0.391 e. The number of hydrogen-bond acceptors (Lipinski definition) is 5. The maximum Gasteiger partial charge on any atom is 0.391 e. The van der Waals surface area contributed by atoms with E-state index in [4.69, 9.17) is 5.11 Å². The van der Waals surface area contributed by atoms with Crippen LogP contribution in [0.5, 0.6) is 5.75 Å². The molecule has 0 aliphatic carbocycles. The van der Waals surface area contributed by atoms with Crippen LogP contribution < -0.4 is 0 Å². The maximum absolute atomic E-state index is 13.0. The van der Waals surface area contributed by atoms with Crippen molar-refractivity contribution < 1.29 is 19.3 Å². The van der Waals surface area contributed by atoms with Crippen LogP contribution in [0.25, 0.3) is 0 Å². The number of hydrogen-bond donors (Lipinski definition) is 1. The Kier molecular flexibility index (Phi) is 2.84. The summed E-state index contributed by atoms with van der Waals surface area (Å²) >= 11 is 2.63. The molecule has 0 fully saturated rings. The first-order chi connectivity index (χ1) is 6.86. The zero-order valence-corrected chi connectivity index (χ0v) is 8.39. The van der Waals surface area contributed by atoms with E-state index in [0.29, 0.717) is 6.07 Å². The predicted molar refractivity (Wildman–Crippen MR) is 49.1 cm³/mol. The molecule has 0 aliphatic heterocycles. The lowest BCUT2D eigenvalue weighted by atomic mass is 10.2. The molecule has 1 aromatic carbocycles. The number of nitro groups is 2. The maximum atomic E-state index is 13.0. The van der Waals surface area contributed by atoms with Crippen LogP contribution in [0.2, 0.25) is 0 Å². The Morgan fingerprint density at radius 1 is 1.27 bits per heavy atom.